The Balaban J connectivity index is 1.31. The van der Waals surface area contributed by atoms with Crippen LogP contribution >= 0.6 is 11.3 Å². The van der Waals surface area contributed by atoms with Gasteiger partial charge >= 0.3 is 6.03 Å². The number of hydrogen-bond acceptors (Lipinski definition) is 4. The third-order valence-electron chi connectivity index (χ3n) is 4.97. The number of carbonyl (C=O) groups is 1. The highest BCUT2D eigenvalue weighted by Crippen LogP contribution is 2.24. The van der Waals surface area contributed by atoms with Crippen LogP contribution in [-0.2, 0) is 6.54 Å². The number of nitrogens with one attached hydrogen (secondary N) is 2. The monoisotopic (exact) mass is 337 g/mol. The van der Waals surface area contributed by atoms with Crippen LogP contribution in [0.3, 0.4) is 0 Å². The van der Waals surface area contributed by atoms with E-state index in [1.54, 1.807) is 11.3 Å². The Morgan fingerprint density at radius 3 is 2.78 bits per heavy atom. The molecule has 2 aliphatic rings. The van der Waals surface area contributed by atoms with Crippen molar-refractivity contribution in [3.05, 3.63) is 22.4 Å². The molecule has 3 N–H and O–H groups in total. The van der Waals surface area contributed by atoms with E-state index < -0.39 is 0 Å². The first-order valence-electron chi connectivity index (χ1n) is 8.65. The quantitative estimate of drug-likeness (QED) is 0.771. The maximum Gasteiger partial charge on any atom is 0.315 e. The van der Waals surface area contributed by atoms with Gasteiger partial charge in [0.15, 0.2) is 0 Å². The Morgan fingerprint density at radius 1 is 1.30 bits per heavy atom. The molecule has 1 aromatic rings. The molecule has 2 fully saturated rings. The van der Waals surface area contributed by atoms with Crippen molar-refractivity contribution in [3.63, 3.8) is 0 Å². The van der Waals surface area contributed by atoms with Gasteiger partial charge in [-0.05, 0) is 60.4 Å². The maximum atomic E-state index is 12.0. The zero-order valence-corrected chi connectivity index (χ0v) is 14.4. The van der Waals surface area contributed by atoms with Crippen molar-refractivity contribution in [3.8, 4) is 0 Å². The number of thiophene rings is 1. The fraction of sp³-hybridized carbons (Fsp3) is 0.706. The van der Waals surface area contributed by atoms with Gasteiger partial charge in [0.05, 0.1) is 6.10 Å². The first-order valence-corrected chi connectivity index (χ1v) is 9.59. The Hall–Kier alpha value is -1.11. The molecular weight excluding hydrogens is 310 g/mol. The van der Waals surface area contributed by atoms with E-state index in [1.807, 2.05) is 0 Å². The van der Waals surface area contributed by atoms with Gasteiger partial charge < -0.3 is 15.7 Å². The highest BCUT2D eigenvalue weighted by atomic mass is 32.1. The molecule has 0 bridgehead atoms. The number of nitrogens with zero attached hydrogens (tertiary/aromatic N) is 1. The fourth-order valence-electron chi connectivity index (χ4n) is 3.58. The van der Waals surface area contributed by atoms with E-state index in [0.29, 0.717) is 12.5 Å². The zero-order chi connectivity index (χ0) is 16.1. The highest BCUT2D eigenvalue weighted by molar-refractivity contribution is 7.07. The van der Waals surface area contributed by atoms with Gasteiger partial charge in [-0.2, -0.15) is 11.3 Å². The van der Waals surface area contributed by atoms with E-state index in [9.17, 15) is 9.90 Å². The van der Waals surface area contributed by atoms with Crippen molar-refractivity contribution in [1.29, 1.82) is 0 Å². The summed E-state index contributed by atoms with van der Waals surface area (Å²) in [6, 6.07) is 2.41. The van der Waals surface area contributed by atoms with E-state index in [4.69, 9.17) is 0 Å². The Bertz CT molecular complexity index is 486. The van der Waals surface area contributed by atoms with Crippen LogP contribution in [0.4, 0.5) is 4.79 Å². The summed E-state index contributed by atoms with van der Waals surface area (Å²) >= 11 is 1.75. The summed E-state index contributed by atoms with van der Waals surface area (Å²) < 4.78 is 0. The molecular formula is C17H27N3O2S. The number of aliphatic hydroxyl groups is 1. The number of piperidine rings is 1. The Labute approximate surface area is 142 Å². The summed E-state index contributed by atoms with van der Waals surface area (Å²) in [5.74, 6) is 0.434. The molecule has 0 aromatic carbocycles. The first-order chi connectivity index (χ1) is 11.2. The van der Waals surface area contributed by atoms with E-state index in [2.05, 4.69) is 32.4 Å². The lowest BCUT2D eigenvalue weighted by Gasteiger charge is -2.32. The molecule has 128 valence electrons. The van der Waals surface area contributed by atoms with Crippen LogP contribution < -0.4 is 10.6 Å². The second-order valence-electron chi connectivity index (χ2n) is 6.87. The normalized spacial score (nSPS) is 26.3. The molecule has 0 spiro atoms. The van der Waals surface area contributed by atoms with Gasteiger partial charge in [0.25, 0.3) is 0 Å². The average Bonchev–Trinajstić information content (AvgIpc) is 3.19. The second-order valence-corrected chi connectivity index (χ2v) is 7.65. The first kappa shape index (κ1) is 16.7. The summed E-state index contributed by atoms with van der Waals surface area (Å²) in [5, 5.41) is 19.9. The summed E-state index contributed by atoms with van der Waals surface area (Å²) in [6.45, 7) is 3.78. The van der Waals surface area contributed by atoms with Crippen LogP contribution in [0.25, 0.3) is 0 Å². The fourth-order valence-corrected chi connectivity index (χ4v) is 4.24. The Kier molecular flexibility index (Phi) is 5.91. The van der Waals surface area contributed by atoms with Gasteiger partial charge in [0.1, 0.15) is 0 Å². The van der Waals surface area contributed by atoms with Crippen LogP contribution in [0.2, 0.25) is 0 Å². The molecule has 1 saturated heterocycles. The number of rotatable bonds is 5. The molecule has 2 amide bonds. The molecule has 2 heterocycles. The number of aliphatic hydroxyl groups excluding tert-OH is 1. The highest BCUT2D eigenvalue weighted by Gasteiger charge is 2.24. The summed E-state index contributed by atoms with van der Waals surface area (Å²) in [5.41, 5.74) is 1.39. The van der Waals surface area contributed by atoms with Gasteiger partial charge in [0.2, 0.25) is 0 Å². The van der Waals surface area contributed by atoms with E-state index in [-0.39, 0.29) is 18.2 Å². The van der Waals surface area contributed by atoms with Crippen LogP contribution in [0.1, 0.15) is 37.7 Å². The van der Waals surface area contributed by atoms with Crippen molar-refractivity contribution >= 4 is 17.4 Å². The Morgan fingerprint density at radius 2 is 2.13 bits per heavy atom. The van der Waals surface area contributed by atoms with Gasteiger partial charge in [-0.25, -0.2) is 4.79 Å². The topological polar surface area (TPSA) is 64.6 Å². The minimum absolute atomic E-state index is 0.0531. The molecule has 1 aliphatic carbocycles. The summed E-state index contributed by atoms with van der Waals surface area (Å²) in [4.78, 5) is 14.4. The number of hydrogen-bond donors (Lipinski definition) is 3. The maximum absolute atomic E-state index is 12.0. The lowest BCUT2D eigenvalue weighted by Crippen LogP contribution is -2.48. The van der Waals surface area contributed by atoms with Gasteiger partial charge in [-0.15, -0.1) is 0 Å². The number of urea groups is 1. The van der Waals surface area contributed by atoms with Crippen LogP contribution in [-0.4, -0.2) is 47.8 Å². The lowest BCUT2D eigenvalue weighted by molar-refractivity contribution is 0.176. The van der Waals surface area contributed by atoms with E-state index >= 15 is 0 Å². The van der Waals surface area contributed by atoms with Gasteiger partial charge in [-0.1, -0.05) is 0 Å². The van der Waals surface area contributed by atoms with Crippen LogP contribution in [0.5, 0.6) is 0 Å². The number of likely N-dealkylation sites (tertiary alicyclic amines) is 1. The minimum atomic E-state index is -0.169. The third-order valence-corrected chi connectivity index (χ3v) is 5.71. The van der Waals surface area contributed by atoms with Crippen molar-refractivity contribution < 1.29 is 9.90 Å². The molecule has 2 atom stereocenters. The standard InChI is InChI=1S/C17H27N3O2S/c21-16-2-1-13(9-16)10-18-17(22)19-15-3-6-20(7-4-15)11-14-5-8-23-12-14/h5,8,12-13,15-16,21H,1-4,6-7,9-11H2,(H2,18,19,22)/t13-,16-/m1/s1. The molecule has 1 saturated carbocycles. The summed E-state index contributed by atoms with van der Waals surface area (Å²) in [6.07, 6.45) is 4.57. The molecule has 1 aliphatic heterocycles. The van der Waals surface area contributed by atoms with Crippen molar-refractivity contribution in [2.75, 3.05) is 19.6 Å². The van der Waals surface area contributed by atoms with Crippen molar-refractivity contribution in [1.82, 2.24) is 15.5 Å². The largest absolute Gasteiger partial charge is 0.393 e. The predicted molar refractivity (Wildman–Crippen MR) is 92.5 cm³/mol. The van der Waals surface area contributed by atoms with E-state index in [1.165, 1.54) is 5.56 Å². The number of amides is 2. The van der Waals surface area contributed by atoms with Gasteiger partial charge in [0, 0.05) is 32.2 Å². The number of carbonyl (C=O) groups excluding carboxylic acids is 1. The molecule has 0 unspecified atom stereocenters. The van der Waals surface area contributed by atoms with Crippen LogP contribution in [0.15, 0.2) is 16.8 Å². The third kappa shape index (κ3) is 5.19. The SMILES string of the molecule is O=C(NC[C@@H]1CC[C@@H](O)C1)NC1CCN(Cc2ccsc2)CC1. The predicted octanol–water partition coefficient (Wildman–Crippen LogP) is 2.17. The van der Waals surface area contributed by atoms with Crippen molar-refractivity contribution in [2.45, 2.75) is 50.8 Å². The van der Waals surface area contributed by atoms with Gasteiger partial charge in [-0.3, -0.25) is 4.90 Å². The summed E-state index contributed by atoms with van der Waals surface area (Å²) in [7, 11) is 0. The molecule has 1 aromatic heterocycles. The zero-order valence-electron chi connectivity index (χ0n) is 13.5. The minimum Gasteiger partial charge on any atom is -0.393 e. The van der Waals surface area contributed by atoms with Crippen molar-refractivity contribution in [2.24, 2.45) is 5.92 Å². The lowest BCUT2D eigenvalue weighted by atomic mass is 10.0. The van der Waals surface area contributed by atoms with Crippen LogP contribution in [0, 0.1) is 5.92 Å². The molecule has 5 nitrogen and oxygen atoms in total. The second kappa shape index (κ2) is 8.13. The average molecular weight is 337 g/mol. The van der Waals surface area contributed by atoms with E-state index in [0.717, 1.165) is 51.7 Å². The molecule has 6 heteroatoms. The smallest absolute Gasteiger partial charge is 0.315 e. The molecule has 23 heavy (non-hydrogen) atoms. The molecule has 3 rings (SSSR count). The molecule has 0 radical (unpaired) electrons.